The molecule has 0 unspecified atom stereocenters. The molecule has 1 heterocycles. The second kappa shape index (κ2) is 6.21. The van der Waals surface area contributed by atoms with Gasteiger partial charge in [0.05, 0.1) is 30.9 Å². The summed E-state index contributed by atoms with van der Waals surface area (Å²) in [5.41, 5.74) is 0.478. The molecule has 0 saturated heterocycles. The smallest absolute Gasteiger partial charge is 0.354 e. The second-order valence-corrected chi connectivity index (χ2v) is 3.28. The van der Waals surface area contributed by atoms with Gasteiger partial charge in [0.2, 0.25) is 0 Å². The minimum Gasteiger partial charge on any atom is -0.477 e. The molecule has 17 heavy (non-hydrogen) atoms. The number of aromatic carboxylic acids is 1. The van der Waals surface area contributed by atoms with Crippen LogP contribution in [0.3, 0.4) is 0 Å². The lowest BCUT2D eigenvalue weighted by Gasteiger charge is -2.14. The third-order valence-corrected chi connectivity index (χ3v) is 2.00. The maximum absolute atomic E-state index is 10.7. The fourth-order valence-corrected chi connectivity index (χ4v) is 1.28. The number of carboxylic acids is 1. The Morgan fingerprint density at radius 1 is 1.35 bits per heavy atom. The summed E-state index contributed by atoms with van der Waals surface area (Å²) in [6.07, 6.45) is 0. The van der Waals surface area contributed by atoms with Crippen molar-refractivity contribution in [2.24, 2.45) is 0 Å². The summed E-state index contributed by atoms with van der Waals surface area (Å²) >= 11 is 0. The van der Waals surface area contributed by atoms with Gasteiger partial charge in [0.1, 0.15) is 5.69 Å². The minimum absolute atomic E-state index is 0.0450. The molecule has 1 aromatic heterocycles. The zero-order valence-corrected chi connectivity index (χ0v) is 9.00. The van der Waals surface area contributed by atoms with Crippen molar-refractivity contribution in [2.45, 2.75) is 6.54 Å². The number of carbonyl (C=O) groups is 1. The maximum atomic E-state index is 10.7. The van der Waals surface area contributed by atoms with Crippen LogP contribution >= 0.6 is 0 Å². The number of pyridine rings is 1. The molecule has 1 aromatic rings. The summed E-state index contributed by atoms with van der Waals surface area (Å²) in [6, 6.07) is 8.52. The third-order valence-electron chi connectivity index (χ3n) is 2.00. The van der Waals surface area contributed by atoms with Gasteiger partial charge in [-0.05, 0) is 12.1 Å². The van der Waals surface area contributed by atoms with E-state index in [1.54, 1.807) is 17.0 Å². The van der Waals surface area contributed by atoms with Crippen LogP contribution in [-0.4, -0.2) is 34.0 Å². The van der Waals surface area contributed by atoms with Gasteiger partial charge in [-0.2, -0.15) is 10.5 Å². The van der Waals surface area contributed by atoms with E-state index >= 15 is 0 Å². The maximum Gasteiger partial charge on any atom is 0.354 e. The number of nitrogens with zero attached hydrogens (tertiary/aromatic N) is 4. The Morgan fingerprint density at radius 2 is 2.00 bits per heavy atom. The van der Waals surface area contributed by atoms with Gasteiger partial charge in [-0.15, -0.1) is 0 Å². The molecule has 0 aromatic carbocycles. The van der Waals surface area contributed by atoms with Crippen LogP contribution < -0.4 is 0 Å². The molecular weight excluding hydrogens is 220 g/mol. The Balaban J connectivity index is 2.79. The quantitative estimate of drug-likeness (QED) is 0.744. The molecule has 0 spiro atoms. The Hall–Kier alpha value is -2.44. The molecule has 0 saturated carbocycles. The van der Waals surface area contributed by atoms with E-state index in [0.29, 0.717) is 5.69 Å². The monoisotopic (exact) mass is 230 g/mol. The highest BCUT2D eigenvalue weighted by molar-refractivity contribution is 5.85. The zero-order chi connectivity index (χ0) is 12.7. The van der Waals surface area contributed by atoms with Crippen molar-refractivity contribution in [1.29, 1.82) is 10.5 Å². The molecule has 0 aliphatic carbocycles. The van der Waals surface area contributed by atoms with Crippen molar-refractivity contribution in [2.75, 3.05) is 13.1 Å². The van der Waals surface area contributed by atoms with Gasteiger partial charge in [0, 0.05) is 6.54 Å². The van der Waals surface area contributed by atoms with Crippen molar-refractivity contribution in [3.05, 3.63) is 29.6 Å². The average molecular weight is 230 g/mol. The number of hydrogen-bond donors (Lipinski definition) is 1. The molecular formula is C11H10N4O2. The number of rotatable bonds is 5. The SMILES string of the molecule is N#CCN(CC#N)Cc1cccc(C(=O)O)n1. The van der Waals surface area contributed by atoms with Crippen LogP contribution in [0.25, 0.3) is 0 Å². The van der Waals surface area contributed by atoms with E-state index in [0.717, 1.165) is 0 Å². The molecule has 0 aliphatic heterocycles. The van der Waals surface area contributed by atoms with Gasteiger partial charge in [-0.1, -0.05) is 6.07 Å². The van der Waals surface area contributed by atoms with Crippen LogP contribution in [0.4, 0.5) is 0 Å². The molecule has 6 heteroatoms. The Bertz CT molecular complexity index is 471. The zero-order valence-electron chi connectivity index (χ0n) is 9.00. The number of hydrogen-bond acceptors (Lipinski definition) is 5. The number of aromatic nitrogens is 1. The summed E-state index contributed by atoms with van der Waals surface area (Å²) in [4.78, 5) is 16.2. The highest BCUT2D eigenvalue weighted by Gasteiger charge is 2.09. The molecule has 1 rings (SSSR count). The van der Waals surface area contributed by atoms with Gasteiger partial charge in [0.25, 0.3) is 0 Å². The molecule has 0 radical (unpaired) electrons. The normalized spacial score (nSPS) is 9.59. The van der Waals surface area contributed by atoms with Crippen LogP contribution in [0.1, 0.15) is 16.2 Å². The molecule has 1 N–H and O–H groups in total. The Labute approximate surface area is 98.3 Å². The molecule has 0 atom stereocenters. The average Bonchev–Trinajstić information content (AvgIpc) is 2.30. The first-order chi connectivity index (χ1) is 8.17. The van der Waals surface area contributed by atoms with Crippen molar-refractivity contribution in [3.8, 4) is 12.1 Å². The molecule has 0 fully saturated rings. The molecule has 0 aliphatic rings. The lowest BCUT2D eigenvalue weighted by atomic mass is 10.3. The van der Waals surface area contributed by atoms with Crippen LogP contribution in [0.15, 0.2) is 18.2 Å². The fraction of sp³-hybridized carbons (Fsp3) is 0.273. The van der Waals surface area contributed by atoms with E-state index in [1.807, 2.05) is 12.1 Å². The molecule has 6 nitrogen and oxygen atoms in total. The van der Waals surface area contributed by atoms with Crippen molar-refractivity contribution >= 4 is 5.97 Å². The topological polar surface area (TPSA) is 101 Å². The fourth-order valence-electron chi connectivity index (χ4n) is 1.28. The van der Waals surface area contributed by atoms with E-state index in [-0.39, 0.29) is 25.3 Å². The largest absolute Gasteiger partial charge is 0.477 e. The summed E-state index contributed by atoms with van der Waals surface area (Å²) < 4.78 is 0. The second-order valence-electron chi connectivity index (χ2n) is 3.28. The van der Waals surface area contributed by atoms with Gasteiger partial charge in [-0.25, -0.2) is 9.78 Å². The van der Waals surface area contributed by atoms with Gasteiger partial charge < -0.3 is 5.11 Å². The molecule has 0 amide bonds. The van der Waals surface area contributed by atoms with Gasteiger partial charge in [-0.3, -0.25) is 4.90 Å². The predicted octanol–water partition coefficient (Wildman–Crippen LogP) is 0.629. The lowest BCUT2D eigenvalue weighted by Crippen LogP contribution is -2.24. The first kappa shape index (κ1) is 12.6. The third kappa shape index (κ3) is 3.90. The summed E-state index contributed by atoms with van der Waals surface area (Å²) in [5, 5.41) is 25.9. The first-order valence-corrected chi connectivity index (χ1v) is 4.83. The van der Waals surface area contributed by atoms with Crippen molar-refractivity contribution in [3.63, 3.8) is 0 Å². The number of carboxylic acid groups (broad SMARTS) is 1. The highest BCUT2D eigenvalue weighted by atomic mass is 16.4. The van der Waals surface area contributed by atoms with Crippen molar-refractivity contribution < 1.29 is 9.90 Å². The lowest BCUT2D eigenvalue weighted by molar-refractivity contribution is 0.0690. The molecule has 86 valence electrons. The van der Waals surface area contributed by atoms with E-state index < -0.39 is 5.97 Å². The van der Waals surface area contributed by atoms with Crippen LogP contribution in [0.5, 0.6) is 0 Å². The van der Waals surface area contributed by atoms with E-state index in [9.17, 15) is 4.79 Å². The summed E-state index contributed by atoms with van der Waals surface area (Å²) in [7, 11) is 0. The molecule has 0 bridgehead atoms. The summed E-state index contributed by atoms with van der Waals surface area (Å²) in [5.74, 6) is -1.10. The standard InChI is InChI=1S/C11H10N4O2/c12-4-6-15(7-5-13)8-9-2-1-3-10(14-9)11(16)17/h1-3H,6-8H2,(H,16,17). The number of nitriles is 2. The van der Waals surface area contributed by atoms with E-state index in [2.05, 4.69) is 4.98 Å². The van der Waals surface area contributed by atoms with E-state index in [1.165, 1.54) is 6.07 Å². The Morgan fingerprint density at radius 3 is 2.53 bits per heavy atom. The van der Waals surface area contributed by atoms with Crippen LogP contribution in [0.2, 0.25) is 0 Å². The minimum atomic E-state index is -1.10. The van der Waals surface area contributed by atoms with E-state index in [4.69, 9.17) is 15.6 Å². The van der Waals surface area contributed by atoms with Gasteiger partial charge >= 0.3 is 5.97 Å². The first-order valence-electron chi connectivity index (χ1n) is 4.83. The van der Waals surface area contributed by atoms with Crippen LogP contribution in [0, 0.1) is 22.7 Å². The Kier molecular flexibility index (Phi) is 4.61. The highest BCUT2D eigenvalue weighted by Crippen LogP contribution is 2.03. The van der Waals surface area contributed by atoms with Gasteiger partial charge in [0.15, 0.2) is 0 Å². The van der Waals surface area contributed by atoms with Crippen molar-refractivity contribution in [1.82, 2.24) is 9.88 Å². The summed E-state index contributed by atoms with van der Waals surface area (Å²) in [6.45, 7) is 0.487. The predicted molar refractivity (Wildman–Crippen MR) is 57.7 cm³/mol. The van der Waals surface area contributed by atoms with Crippen LogP contribution in [-0.2, 0) is 6.54 Å².